The number of benzene rings is 2. The molecular weight excluding hydrogens is 387 g/mol. The summed E-state index contributed by atoms with van der Waals surface area (Å²) in [6.45, 7) is 3.13. The Kier molecular flexibility index (Phi) is 6.28. The molecule has 0 aliphatic carbocycles. The SMILES string of the molecule is CCOc1ccc(NC(=O)c2ccccc2F)cc1S(=O)(=O)N1CCOCC1. The molecule has 0 unspecified atom stereocenters. The number of ether oxygens (including phenoxy) is 2. The van der Waals surface area contributed by atoms with Gasteiger partial charge >= 0.3 is 0 Å². The number of hydrogen-bond donors (Lipinski definition) is 1. The van der Waals surface area contributed by atoms with Gasteiger partial charge in [-0.25, -0.2) is 12.8 Å². The Morgan fingerprint density at radius 3 is 2.61 bits per heavy atom. The zero-order valence-corrected chi connectivity index (χ0v) is 16.2. The summed E-state index contributed by atoms with van der Waals surface area (Å²) in [5.74, 6) is -1.14. The minimum absolute atomic E-state index is 0.0532. The number of nitrogens with zero attached hydrogens (tertiary/aromatic N) is 1. The lowest BCUT2D eigenvalue weighted by atomic mass is 10.2. The normalized spacial score (nSPS) is 15.2. The molecule has 28 heavy (non-hydrogen) atoms. The fourth-order valence-corrected chi connectivity index (χ4v) is 4.40. The summed E-state index contributed by atoms with van der Waals surface area (Å²) in [5, 5.41) is 2.54. The molecule has 150 valence electrons. The zero-order valence-electron chi connectivity index (χ0n) is 15.4. The minimum Gasteiger partial charge on any atom is -0.492 e. The van der Waals surface area contributed by atoms with Crippen molar-refractivity contribution < 1.29 is 27.1 Å². The number of halogens is 1. The van der Waals surface area contributed by atoms with Crippen molar-refractivity contribution in [3.8, 4) is 5.75 Å². The number of hydrogen-bond acceptors (Lipinski definition) is 5. The van der Waals surface area contributed by atoms with E-state index in [1.165, 1.54) is 40.7 Å². The average Bonchev–Trinajstić information content (AvgIpc) is 2.70. The maximum Gasteiger partial charge on any atom is 0.258 e. The molecule has 1 fully saturated rings. The standard InChI is InChI=1S/C19H21FN2O5S/c1-2-27-17-8-7-14(21-19(23)15-5-3-4-6-16(15)20)13-18(17)28(24,25)22-9-11-26-12-10-22/h3-8,13H,2,9-12H2,1H3,(H,21,23). The van der Waals surface area contributed by atoms with Crippen LogP contribution in [0.4, 0.5) is 10.1 Å². The molecule has 0 atom stereocenters. The highest BCUT2D eigenvalue weighted by Gasteiger charge is 2.30. The highest BCUT2D eigenvalue weighted by atomic mass is 32.2. The predicted molar refractivity (Wildman–Crippen MR) is 102 cm³/mol. The van der Waals surface area contributed by atoms with Gasteiger partial charge in [0.1, 0.15) is 16.5 Å². The number of anilines is 1. The van der Waals surface area contributed by atoms with Crippen LogP contribution in [0.15, 0.2) is 47.4 Å². The predicted octanol–water partition coefficient (Wildman–Crippen LogP) is 2.50. The van der Waals surface area contributed by atoms with Crippen molar-refractivity contribution in [3.05, 3.63) is 53.8 Å². The summed E-state index contributed by atoms with van der Waals surface area (Å²) in [6.07, 6.45) is 0. The third-order valence-corrected chi connectivity index (χ3v) is 6.13. The Bertz CT molecular complexity index is 959. The summed E-state index contributed by atoms with van der Waals surface area (Å²) >= 11 is 0. The Hall–Kier alpha value is -2.49. The second-order valence-corrected chi connectivity index (χ2v) is 7.95. The first-order valence-corrected chi connectivity index (χ1v) is 10.3. The van der Waals surface area contributed by atoms with Crippen LogP contribution in [0, 0.1) is 5.82 Å². The molecule has 7 nitrogen and oxygen atoms in total. The number of amides is 1. The Morgan fingerprint density at radius 2 is 1.93 bits per heavy atom. The first-order valence-electron chi connectivity index (χ1n) is 8.84. The van der Waals surface area contributed by atoms with Crippen molar-refractivity contribution in [1.29, 1.82) is 0 Å². The molecule has 0 saturated carbocycles. The van der Waals surface area contributed by atoms with E-state index >= 15 is 0 Å². The molecular formula is C19H21FN2O5S. The monoisotopic (exact) mass is 408 g/mol. The van der Waals surface area contributed by atoms with Crippen LogP contribution in [0.5, 0.6) is 5.75 Å². The number of carbonyl (C=O) groups is 1. The third kappa shape index (κ3) is 4.32. The third-order valence-electron chi connectivity index (χ3n) is 4.21. The van der Waals surface area contributed by atoms with Crippen LogP contribution >= 0.6 is 0 Å². The van der Waals surface area contributed by atoms with Crippen molar-refractivity contribution in [2.45, 2.75) is 11.8 Å². The van der Waals surface area contributed by atoms with E-state index in [2.05, 4.69) is 5.32 Å². The molecule has 1 N–H and O–H groups in total. The molecule has 2 aromatic rings. The van der Waals surface area contributed by atoms with Gasteiger partial charge in [0.15, 0.2) is 0 Å². The highest BCUT2D eigenvalue weighted by Crippen LogP contribution is 2.30. The van der Waals surface area contributed by atoms with Gasteiger partial charge < -0.3 is 14.8 Å². The molecule has 0 aromatic heterocycles. The Labute approximate surface area is 163 Å². The van der Waals surface area contributed by atoms with Gasteiger partial charge in [-0.1, -0.05) is 12.1 Å². The van der Waals surface area contributed by atoms with Crippen molar-refractivity contribution in [1.82, 2.24) is 4.31 Å². The van der Waals surface area contributed by atoms with E-state index in [9.17, 15) is 17.6 Å². The summed E-state index contributed by atoms with van der Waals surface area (Å²) < 4.78 is 51.9. The minimum atomic E-state index is -3.84. The lowest BCUT2D eigenvalue weighted by Crippen LogP contribution is -2.40. The van der Waals surface area contributed by atoms with E-state index in [1.54, 1.807) is 13.0 Å². The maximum atomic E-state index is 13.8. The summed E-state index contributed by atoms with van der Waals surface area (Å²) in [5.41, 5.74) is 0.0949. The van der Waals surface area contributed by atoms with Crippen LogP contribution in [0.25, 0.3) is 0 Å². The van der Waals surface area contributed by atoms with Gasteiger partial charge in [-0.2, -0.15) is 4.31 Å². The molecule has 1 heterocycles. The van der Waals surface area contributed by atoms with E-state index in [4.69, 9.17) is 9.47 Å². The lowest BCUT2D eigenvalue weighted by molar-refractivity contribution is 0.0729. The van der Waals surface area contributed by atoms with Gasteiger partial charge in [0.25, 0.3) is 5.91 Å². The van der Waals surface area contributed by atoms with E-state index in [0.717, 1.165) is 0 Å². The highest BCUT2D eigenvalue weighted by molar-refractivity contribution is 7.89. The van der Waals surface area contributed by atoms with Crippen LogP contribution in [0.1, 0.15) is 17.3 Å². The summed E-state index contributed by atoms with van der Waals surface area (Å²) in [7, 11) is -3.84. The van der Waals surface area contributed by atoms with E-state index < -0.39 is 21.7 Å². The van der Waals surface area contributed by atoms with Crippen molar-refractivity contribution in [3.63, 3.8) is 0 Å². The van der Waals surface area contributed by atoms with Crippen LogP contribution in [-0.2, 0) is 14.8 Å². The van der Waals surface area contributed by atoms with Gasteiger partial charge in [-0.05, 0) is 37.3 Å². The molecule has 0 bridgehead atoms. The second-order valence-electron chi connectivity index (χ2n) is 6.04. The molecule has 2 aromatic carbocycles. The van der Waals surface area contributed by atoms with E-state index in [-0.39, 0.29) is 41.6 Å². The van der Waals surface area contributed by atoms with Crippen LogP contribution in [0.3, 0.4) is 0 Å². The van der Waals surface area contributed by atoms with E-state index in [0.29, 0.717) is 13.2 Å². The molecule has 1 aliphatic rings. The molecule has 9 heteroatoms. The lowest BCUT2D eigenvalue weighted by Gasteiger charge is -2.27. The fourth-order valence-electron chi connectivity index (χ4n) is 2.83. The topological polar surface area (TPSA) is 84.9 Å². The van der Waals surface area contributed by atoms with Crippen molar-refractivity contribution >= 4 is 21.6 Å². The maximum absolute atomic E-state index is 13.8. The molecule has 3 rings (SSSR count). The number of nitrogens with one attached hydrogen (secondary N) is 1. The van der Waals surface area contributed by atoms with Crippen molar-refractivity contribution in [2.75, 3.05) is 38.2 Å². The van der Waals surface area contributed by atoms with Gasteiger partial charge in [-0.15, -0.1) is 0 Å². The van der Waals surface area contributed by atoms with Gasteiger partial charge in [0, 0.05) is 18.8 Å². The summed E-state index contributed by atoms with van der Waals surface area (Å²) in [4.78, 5) is 12.3. The quantitative estimate of drug-likeness (QED) is 0.794. The smallest absolute Gasteiger partial charge is 0.258 e. The number of carbonyl (C=O) groups excluding carboxylic acids is 1. The Balaban J connectivity index is 1.93. The van der Waals surface area contributed by atoms with Gasteiger partial charge in [0.05, 0.1) is 25.4 Å². The van der Waals surface area contributed by atoms with Crippen molar-refractivity contribution in [2.24, 2.45) is 0 Å². The molecule has 1 amide bonds. The fraction of sp³-hybridized carbons (Fsp3) is 0.316. The number of sulfonamides is 1. The van der Waals surface area contributed by atoms with Gasteiger partial charge in [0.2, 0.25) is 10.0 Å². The molecule has 0 radical (unpaired) electrons. The Morgan fingerprint density at radius 1 is 1.21 bits per heavy atom. The second kappa shape index (κ2) is 8.68. The molecule has 0 spiro atoms. The van der Waals surface area contributed by atoms with E-state index in [1.807, 2.05) is 0 Å². The van der Waals surface area contributed by atoms with Gasteiger partial charge in [-0.3, -0.25) is 4.79 Å². The number of rotatable bonds is 6. The first-order chi connectivity index (χ1) is 13.4. The molecule has 1 aliphatic heterocycles. The number of morpholine rings is 1. The summed E-state index contributed by atoms with van der Waals surface area (Å²) in [6, 6.07) is 9.89. The molecule has 1 saturated heterocycles. The average molecular weight is 408 g/mol. The largest absolute Gasteiger partial charge is 0.492 e. The van der Waals surface area contributed by atoms with Crippen LogP contribution in [0.2, 0.25) is 0 Å². The van der Waals surface area contributed by atoms with Crippen LogP contribution < -0.4 is 10.1 Å². The van der Waals surface area contributed by atoms with Crippen LogP contribution in [-0.4, -0.2) is 51.5 Å². The zero-order chi connectivity index (χ0) is 20.1. The first kappa shape index (κ1) is 20.2.